The van der Waals surface area contributed by atoms with Crippen molar-refractivity contribution < 1.29 is 19.0 Å². The van der Waals surface area contributed by atoms with Gasteiger partial charge in [-0.1, -0.05) is 6.07 Å². The number of aliphatic hydroxyl groups is 2. The third-order valence-electron chi connectivity index (χ3n) is 3.33. The number of nitrogens with zero attached hydrogens (tertiary/aromatic N) is 1. The van der Waals surface area contributed by atoms with E-state index < -0.39 is 11.6 Å². The van der Waals surface area contributed by atoms with Crippen LogP contribution in [0.15, 0.2) is 36.4 Å². The maximum atomic E-state index is 14.1. The van der Waals surface area contributed by atoms with E-state index in [1.54, 1.807) is 17.0 Å². The van der Waals surface area contributed by atoms with Crippen LogP contribution in [0.3, 0.4) is 0 Å². The van der Waals surface area contributed by atoms with Gasteiger partial charge in [-0.2, -0.15) is 0 Å². The van der Waals surface area contributed by atoms with E-state index in [9.17, 15) is 8.78 Å². The molecular formula is C16H18F2N2O2. The summed E-state index contributed by atoms with van der Waals surface area (Å²) in [5, 5.41) is 18.3. The molecule has 0 spiro atoms. The van der Waals surface area contributed by atoms with Gasteiger partial charge < -0.3 is 20.8 Å². The molecule has 2 aromatic rings. The van der Waals surface area contributed by atoms with Crippen molar-refractivity contribution in [3.8, 4) is 11.1 Å². The normalized spacial score (nSPS) is 10.7. The summed E-state index contributed by atoms with van der Waals surface area (Å²) in [6.45, 7) is 0.161. The lowest BCUT2D eigenvalue weighted by Gasteiger charge is -2.26. The minimum absolute atomic E-state index is 0.149. The summed E-state index contributed by atoms with van der Waals surface area (Å²) < 4.78 is 28.2. The molecule has 0 heterocycles. The van der Waals surface area contributed by atoms with E-state index in [2.05, 4.69) is 0 Å². The van der Waals surface area contributed by atoms with E-state index in [0.29, 0.717) is 11.4 Å². The largest absolute Gasteiger partial charge is 0.399 e. The Morgan fingerprint density at radius 1 is 0.955 bits per heavy atom. The van der Waals surface area contributed by atoms with Crippen LogP contribution in [0.4, 0.5) is 20.2 Å². The Morgan fingerprint density at radius 2 is 1.55 bits per heavy atom. The Hall–Kier alpha value is -2.18. The van der Waals surface area contributed by atoms with E-state index in [1.807, 2.05) is 0 Å². The quantitative estimate of drug-likeness (QED) is 0.714. The number of rotatable bonds is 6. The molecule has 0 aliphatic rings. The summed E-state index contributed by atoms with van der Waals surface area (Å²) in [6.07, 6.45) is 0. The highest BCUT2D eigenvalue weighted by Crippen LogP contribution is 2.35. The Morgan fingerprint density at radius 3 is 2.09 bits per heavy atom. The van der Waals surface area contributed by atoms with Crippen molar-refractivity contribution in [1.82, 2.24) is 0 Å². The number of nitrogens with two attached hydrogens (primary N) is 1. The minimum atomic E-state index is -0.695. The molecule has 0 saturated carbocycles. The van der Waals surface area contributed by atoms with Crippen LogP contribution in [-0.2, 0) is 0 Å². The SMILES string of the molecule is Nc1ccc(N(CCO)CCO)c(-c2c(F)cccc2F)c1. The van der Waals surface area contributed by atoms with Crippen LogP contribution < -0.4 is 10.6 Å². The number of benzene rings is 2. The third-order valence-corrected chi connectivity index (χ3v) is 3.33. The smallest absolute Gasteiger partial charge is 0.134 e. The molecule has 0 fully saturated rings. The summed E-state index contributed by atoms with van der Waals surface area (Å²) >= 11 is 0. The lowest BCUT2D eigenvalue weighted by atomic mass is 10.0. The van der Waals surface area contributed by atoms with Gasteiger partial charge in [0.1, 0.15) is 11.6 Å². The topological polar surface area (TPSA) is 69.7 Å². The summed E-state index contributed by atoms with van der Waals surface area (Å²) in [5.41, 5.74) is 6.74. The minimum Gasteiger partial charge on any atom is -0.399 e. The van der Waals surface area contributed by atoms with E-state index in [1.165, 1.54) is 24.3 Å². The molecule has 0 radical (unpaired) electrons. The van der Waals surface area contributed by atoms with Gasteiger partial charge in [0, 0.05) is 30.0 Å². The number of hydrogen-bond acceptors (Lipinski definition) is 4. The lowest BCUT2D eigenvalue weighted by Crippen LogP contribution is -2.30. The van der Waals surface area contributed by atoms with Crippen molar-refractivity contribution >= 4 is 11.4 Å². The van der Waals surface area contributed by atoms with Crippen LogP contribution in [0, 0.1) is 11.6 Å². The van der Waals surface area contributed by atoms with Gasteiger partial charge in [0.2, 0.25) is 0 Å². The van der Waals surface area contributed by atoms with Gasteiger partial charge in [0.15, 0.2) is 0 Å². The van der Waals surface area contributed by atoms with E-state index >= 15 is 0 Å². The molecule has 0 unspecified atom stereocenters. The number of anilines is 2. The second-order valence-corrected chi connectivity index (χ2v) is 4.81. The fourth-order valence-electron chi connectivity index (χ4n) is 2.38. The molecule has 0 aromatic heterocycles. The number of halogens is 2. The Balaban J connectivity index is 2.61. The lowest BCUT2D eigenvalue weighted by molar-refractivity contribution is 0.281. The van der Waals surface area contributed by atoms with Crippen LogP contribution in [0.2, 0.25) is 0 Å². The molecule has 2 rings (SSSR count). The molecule has 0 atom stereocenters. The zero-order valence-corrected chi connectivity index (χ0v) is 12.0. The molecule has 0 amide bonds. The van der Waals surface area contributed by atoms with Crippen molar-refractivity contribution in [1.29, 1.82) is 0 Å². The van der Waals surface area contributed by atoms with Crippen LogP contribution >= 0.6 is 0 Å². The Labute approximate surface area is 127 Å². The van der Waals surface area contributed by atoms with Crippen LogP contribution in [-0.4, -0.2) is 36.5 Å². The fourth-order valence-corrected chi connectivity index (χ4v) is 2.38. The number of hydrogen-bond donors (Lipinski definition) is 3. The second-order valence-electron chi connectivity index (χ2n) is 4.81. The highest BCUT2D eigenvalue weighted by Gasteiger charge is 2.18. The molecule has 0 bridgehead atoms. The van der Waals surface area contributed by atoms with Gasteiger partial charge in [-0.25, -0.2) is 8.78 Å². The summed E-state index contributed by atoms with van der Waals surface area (Å²) in [4.78, 5) is 1.65. The average molecular weight is 308 g/mol. The molecule has 0 aliphatic carbocycles. The first-order valence-electron chi connectivity index (χ1n) is 6.89. The molecule has 6 heteroatoms. The fraction of sp³-hybridized carbons (Fsp3) is 0.250. The van der Waals surface area contributed by atoms with Gasteiger partial charge >= 0.3 is 0 Å². The molecule has 0 saturated heterocycles. The van der Waals surface area contributed by atoms with E-state index in [-0.39, 0.29) is 37.4 Å². The molecular weight excluding hydrogens is 290 g/mol. The van der Waals surface area contributed by atoms with Crippen molar-refractivity contribution in [2.45, 2.75) is 0 Å². The molecule has 118 valence electrons. The first kappa shape index (κ1) is 16.2. The Kier molecular flexibility index (Phi) is 5.30. The van der Waals surface area contributed by atoms with Crippen LogP contribution in [0.5, 0.6) is 0 Å². The zero-order valence-electron chi connectivity index (χ0n) is 12.0. The molecule has 22 heavy (non-hydrogen) atoms. The van der Waals surface area contributed by atoms with Crippen molar-refractivity contribution in [3.05, 3.63) is 48.0 Å². The summed E-state index contributed by atoms with van der Waals surface area (Å²) in [5.74, 6) is -1.39. The predicted molar refractivity (Wildman–Crippen MR) is 82.6 cm³/mol. The standard InChI is InChI=1S/C16H18F2N2O2/c17-13-2-1-3-14(18)16(13)12-10-11(19)4-5-15(12)20(6-8-21)7-9-22/h1-5,10,21-22H,6-9,19H2. The van der Waals surface area contributed by atoms with Crippen molar-refractivity contribution in [3.63, 3.8) is 0 Å². The summed E-state index contributed by atoms with van der Waals surface area (Å²) in [7, 11) is 0. The second kappa shape index (κ2) is 7.20. The van der Waals surface area contributed by atoms with Gasteiger partial charge in [-0.3, -0.25) is 0 Å². The van der Waals surface area contributed by atoms with Crippen molar-refractivity contribution in [2.24, 2.45) is 0 Å². The van der Waals surface area contributed by atoms with E-state index in [4.69, 9.17) is 15.9 Å². The summed E-state index contributed by atoms with van der Waals surface area (Å²) in [6, 6.07) is 8.36. The predicted octanol–water partition coefficient (Wildman–Crippen LogP) is 2.00. The highest BCUT2D eigenvalue weighted by atomic mass is 19.1. The van der Waals surface area contributed by atoms with E-state index in [0.717, 1.165) is 0 Å². The average Bonchev–Trinajstić information content (AvgIpc) is 2.47. The van der Waals surface area contributed by atoms with Crippen LogP contribution in [0.1, 0.15) is 0 Å². The maximum absolute atomic E-state index is 14.1. The Bertz CT molecular complexity index is 624. The first-order chi connectivity index (χ1) is 10.6. The van der Waals surface area contributed by atoms with Gasteiger partial charge in [0.25, 0.3) is 0 Å². The van der Waals surface area contributed by atoms with Gasteiger partial charge in [-0.15, -0.1) is 0 Å². The highest BCUT2D eigenvalue weighted by molar-refractivity contribution is 5.82. The molecule has 4 nitrogen and oxygen atoms in total. The molecule has 2 aromatic carbocycles. The molecule has 4 N–H and O–H groups in total. The van der Waals surface area contributed by atoms with Crippen LogP contribution in [0.25, 0.3) is 11.1 Å². The maximum Gasteiger partial charge on any atom is 0.134 e. The zero-order chi connectivity index (χ0) is 16.1. The third kappa shape index (κ3) is 3.35. The van der Waals surface area contributed by atoms with Gasteiger partial charge in [0.05, 0.1) is 18.8 Å². The first-order valence-corrected chi connectivity index (χ1v) is 6.89. The van der Waals surface area contributed by atoms with Gasteiger partial charge in [-0.05, 0) is 30.3 Å². The monoisotopic (exact) mass is 308 g/mol. The number of aliphatic hydroxyl groups excluding tert-OH is 2. The molecule has 0 aliphatic heterocycles. The number of nitrogen functional groups attached to an aromatic ring is 1. The van der Waals surface area contributed by atoms with Crippen molar-refractivity contribution in [2.75, 3.05) is 36.9 Å².